The van der Waals surface area contributed by atoms with Gasteiger partial charge in [0.25, 0.3) is 0 Å². The van der Waals surface area contributed by atoms with Crippen LogP contribution in [0.1, 0.15) is 86.5 Å². The average Bonchev–Trinajstić information content (AvgIpc) is 3.54. The largest absolute Gasteiger partial charge is 0.369 e. The van der Waals surface area contributed by atoms with E-state index in [2.05, 4.69) is 53.7 Å². The van der Waals surface area contributed by atoms with Gasteiger partial charge in [-0.3, -0.25) is 0 Å². The van der Waals surface area contributed by atoms with E-state index in [0.717, 1.165) is 11.8 Å². The summed E-state index contributed by atoms with van der Waals surface area (Å²) in [6.07, 6.45) is 15.5. The van der Waals surface area contributed by atoms with Crippen LogP contribution in [0.2, 0.25) is 0 Å². The topological polar surface area (TPSA) is 27.7 Å². The van der Waals surface area contributed by atoms with E-state index in [1.807, 2.05) is 0 Å². The molecular formula is C31H50O3. The molecule has 2 heterocycles. The van der Waals surface area contributed by atoms with Crippen LogP contribution in [0.15, 0.2) is 12.2 Å². The zero-order chi connectivity index (χ0) is 23.7. The van der Waals surface area contributed by atoms with Gasteiger partial charge >= 0.3 is 0 Å². The third-order valence-electron chi connectivity index (χ3n) is 11.2. The Morgan fingerprint density at radius 2 is 1.09 bits per heavy atom. The van der Waals surface area contributed by atoms with Gasteiger partial charge in [-0.2, -0.15) is 0 Å². The number of hydrogen-bond donors (Lipinski definition) is 0. The van der Waals surface area contributed by atoms with Crippen molar-refractivity contribution in [3.8, 4) is 0 Å². The van der Waals surface area contributed by atoms with E-state index in [1.54, 1.807) is 0 Å². The molecule has 0 radical (unpaired) electrons. The first-order valence-corrected chi connectivity index (χ1v) is 15.0. The molecule has 3 heteroatoms. The molecule has 14 unspecified atom stereocenters. The minimum atomic E-state index is 0.126. The molecule has 0 amide bonds. The molecule has 6 rings (SSSR count). The van der Waals surface area contributed by atoms with E-state index >= 15 is 0 Å². The molecule has 4 bridgehead atoms. The molecule has 0 spiro atoms. The van der Waals surface area contributed by atoms with Crippen molar-refractivity contribution in [1.29, 1.82) is 0 Å². The number of ether oxygens (including phenoxy) is 3. The highest BCUT2D eigenvalue weighted by Gasteiger charge is 2.68. The first-order valence-electron chi connectivity index (χ1n) is 15.0. The maximum absolute atomic E-state index is 7.25. The Labute approximate surface area is 208 Å². The van der Waals surface area contributed by atoms with Crippen molar-refractivity contribution in [2.45, 2.75) is 123 Å². The molecule has 14 atom stereocenters. The average molecular weight is 471 g/mol. The van der Waals surface area contributed by atoms with Crippen molar-refractivity contribution in [3.05, 3.63) is 12.2 Å². The molecule has 2 saturated heterocycles. The van der Waals surface area contributed by atoms with Crippen LogP contribution in [-0.2, 0) is 14.2 Å². The van der Waals surface area contributed by atoms with Gasteiger partial charge in [0.05, 0.1) is 24.4 Å². The van der Waals surface area contributed by atoms with Crippen LogP contribution in [0.25, 0.3) is 0 Å². The Morgan fingerprint density at radius 3 is 1.50 bits per heavy atom. The van der Waals surface area contributed by atoms with Crippen molar-refractivity contribution in [1.82, 2.24) is 0 Å². The summed E-state index contributed by atoms with van der Waals surface area (Å²) in [5.41, 5.74) is 0. The first-order chi connectivity index (χ1) is 16.3. The zero-order valence-electron chi connectivity index (χ0n) is 22.6. The van der Waals surface area contributed by atoms with Gasteiger partial charge in [0.1, 0.15) is 12.2 Å². The molecule has 0 aromatic rings. The molecule has 0 aromatic carbocycles. The second-order valence-corrected chi connectivity index (χ2v) is 14.1. The van der Waals surface area contributed by atoms with Gasteiger partial charge in [-0.15, -0.1) is 0 Å². The molecule has 3 saturated carbocycles. The fourth-order valence-corrected chi connectivity index (χ4v) is 9.41. The lowest BCUT2D eigenvalue weighted by atomic mass is 9.70. The SMILES string of the molecule is CC1CCC(C(C)C)C(OC2C(OC3CC(C)CCC3C(C)C)C3OC2C2C4C=CC(C4)C32)C1. The molecule has 3 nitrogen and oxygen atoms in total. The van der Waals surface area contributed by atoms with Crippen molar-refractivity contribution in [2.75, 3.05) is 0 Å². The van der Waals surface area contributed by atoms with Crippen LogP contribution in [0.3, 0.4) is 0 Å². The van der Waals surface area contributed by atoms with Crippen molar-refractivity contribution < 1.29 is 14.2 Å². The molecule has 0 N–H and O–H groups in total. The summed E-state index contributed by atoms with van der Waals surface area (Å²) in [6.45, 7) is 14.4. The van der Waals surface area contributed by atoms with Gasteiger partial charge in [0, 0.05) is 0 Å². The number of hydrogen-bond acceptors (Lipinski definition) is 3. The Bertz CT molecular complexity index is 700. The van der Waals surface area contributed by atoms with Crippen LogP contribution < -0.4 is 0 Å². The van der Waals surface area contributed by atoms with E-state index in [1.165, 1.54) is 44.9 Å². The van der Waals surface area contributed by atoms with Crippen molar-refractivity contribution in [2.24, 2.45) is 59.2 Å². The van der Waals surface area contributed by atoms with Gasteiger partial charge in [-0.1, -0.05) is 66.5 Å². The molecule has 34 heavy (non-hydrogen) atoms. The van der Waals surface area contributed by atoms with Crippen molar-refractivity contribution in [3.63, 3.8) is 0 Å². The molecular weight excluding hydrogens is 420 g/mol. The van der Waals surface area contributed by atoms with Crippen molar-refractivity contribution >= 4 is 0 Å². The summed E-state index contributed by atoms with van der Waals surface area (Å²) in [5, 5.41) is 0. The third-order valence-corrected chi connectivity index (χ3v) is 11.2. The smallest absolute Gasteiger partial charge is 0.113 e. The van der Waals surface area contributed by atoms with Gasteiger partial charge in [-0.25, -0.2) is 0 Å². The van der Waals surface area contributed by atoms with Crippen LogP contribution in [-0.4, -0.2) is 36.6 Å². The summed E-state index contributed by atoms with van der Waals surface area (Å²) in [5.74, 6) is 6.97. The molecule has 192 valence electrons. The Kier molecular flexibility index (Phi) is 6.47. The molecule has 6 aliphatic rings. The van der Waals surface area contributed by atoms with Crippen LogP contribution in [0.5, 0.6) is 0 Å². The monoisotopic (exact) mass is 470 g/mol. The predicted molar refractivity (Wildman–Crippen MR) is 136 cm³/mol. The summed E-state index contributed by atoms with van der Waals surface area (Å²) in [6, 6.07) is 0. The minimum absolute atomic E-state index is 0.126. The Hall–Kier alpha value is -0.380. The van der Waals surface area contributed by atoms with E-state index < -0.39 is 0 Å². The summed E-state index contributed by atoms with van der Waals surface area (Å²) < 4.78 is 21.4. The molecule has 0 aromatic heterocycles. The lowest BCUT2D eigenvalue weighted by molar-refractivity contribution is -0.179. The standard InChI is InChI=1S/C31H50O3/c1-16(2)22-11-7-18(5)13-24(22)32-30-28-26-20-9-10-21(15-20)27(26)29(34-28)31(30)33-25-14-19(6)8-12-23(25)17(3)4/h9-10,16-31H,7-8,11-15H2,1-6H3. The normalized spacial score (nSPS) is 53.9. The molecule has 5 fully saturated rings. The van der Waals surface area contributed by atoms with Crippen LogP contribution in [0, 0.1) is 59.2 Å². The van der Waals surface area contributed by atoms with Gasteiger partial charge in [0.2, 0.25) is 0 Å². The minimum Gasteiger partial charge on any atom is -0.369 e. The summed E-state index contributed by atoms with van der Waals surface area (Å²) >= 11 is 0. The number of fused-ring (bicyclic) bond motifs is 9. The van der Waals surface area contributed by atoms with Gasteiger partial charge in [-0.05, 0) is 91.3 Å². The summed E-state index contributed by atoms with van der Waals surface area (Å²) in [7, 11) is 0. The first kappa shape index (κ1) is 24.0. The molecule has 2 aliphatic heterocycles. The zero-order valence-corrected chi connectivity index (χ0v) is 22.6. The third kappa shape index (κ3) is 3.95. The second-order valence-electron chi connectivity index (χ2n) is 14.1. The summed E-state index contributed by atoms with van der Waals surface area (Å²) in [4.78, 5) is 0. The molecule has 4 aliphatic carbocycles. The van der Waals surface area contributed by atoms with Crippen LogP contribution >= 0.6 is 0 Å². The maximum Gasteiger partial charge on any atom is 0.113 e. The second kappa shape index (κ2) is 9.18. The van der Waals surface area contributed by atoms with E-state index in [-0.39, 0.29) is 24.4 Å². The fraction of sp³-hybridized carbons (Fsp3) is 0.935. The lowest BCUT2D eigenvalue weighted by Gasteiger charge is -2.46. The van der Waals surface area contributed by atoms with E-state index in [9.17, 15) is 0 Å². The highest BCUT2D eigenvalue weighted by molar-refractivity contribution is 5.24. The number of allylic oxidation sites excluding steroid dienone is 2. The highest BCUT2D eigenvalue weighted by atomic mass is 16.6. The highest BCUT2D eigenvalue weighted by Crippen LogP contribution is 2.61. The number of rotatable bonds is 6. The lowest BCUT2D eigenvalue weighted by Crippen LogP contribution is -2.54. The Balaban J connectivity index is 1.27. The maximum atomic E-state index is 7.25. The van der Waals surface area contributed by atoms with Crippen LogP contribution in [0.4, 0.5) is 0 Å². The quantitative estimate of drug-likeness (QED) is 0.395. The predicted octanol–water partition coefficient (Wildman–Crippen LogP) is 6.90. The van der Waals surface area contributed by atoms with Gasteiger partial charge in [0.15, 0.2) is 0 Å². The van der Waals surface area contributed by atoms with E-state index in [4.69, 9.17) is 14.2 Å². The Morgan fingerprint density at radius 1 is 0.647 bits per heavy atom. The fourth-order valence-electron chi connectivity index (χ4n) is 9.41. The van der Waals surface area contributed by atoms with E-state index in [0.29, 0.717) is 59.6 Å². The van der Waals surface area contributed by atoms with Gasteiger partial charge < -0.3 is 14.2 Å².